The number of likely N-dealkylation sites (N-methyl/N-ethyl adjacent to an activating group) is 1. The van der Waals surface area contributed by atoms with E-state index in [4.69, 9.17) is 5.73 Å². The smallest absolute Gasteiger partial charge is 0.0728 e. The Kier molecular flexibility index (Phi) is 6.51. The van der Waals surface area contributed by atoms with Crippen molar-refractivity contribution in [2.75, 3.05) is 31.5 Å². The fraction of sp³-hybridized carbons (Fsp3) is 0.812. The predicted molar refractivity (Wildman–Crippen MR) is 88.4 cm³/mol. The van der Waals surface area contributed by atoms with Crippen molar-refractivity contribution < 1.29 is 0 Å². The molecular formula is C16H31N5. The third-order valence-corrected chi connectivity index (χ3v) is 4.74. The second-order valence-electron chi connectivity index (χ2n) is 6.05. The maximum atomic E-state index is 5.90. The molecule has 0 saturated heterocycles. The van der Waals surface area contributed by atoms with Crippen molar-refractivity contribution in [2.45, 2.75) is 52.1 Å². The quantitative estimate of drug-likeness (QED) is 0.771. The van der Waals surface area contributed by atoms with Gasteiger partial charge in [-0.1, -0.05) is 26.7 Å². The summed E-state index contributed by atoms with van der Waals surface area (Å²) in [6.45, 7) is 9.41. The minimum Gasteiger partial charge on any atom is -0.379 e. The Balaban J connectivity index is 1.84. The van der Waals surface area contributed by atoms with E-state index >= 15 is 0 Å². The number of hydrogen-bond donors (Lipinski definition) is 2. The molecule has 21 heavy (non-hydrogen) atoms. The predicted octanol–water partition coefficient (Wildman–Crippen LogP) is 2.15. The Labute approximate surface area is 128 Å². The fourth-order valence-electron chi connectivity index (χ4n) is 3.24. The van der Waals surface area contributed by atoms with Crippen molar-refractivity contribution in [1.82, 2.24) is 14.7 Å². The van der Waals surface area contributed by atoms with Crippen LogP contribution in [0.25, 0.3) is 0 Å². The van der Waals surface area contributed by atoms with Crippen LogP contribution in [0.15, 0.2) is 12.4 Å². The van der Waals surface area contributed by atoms with Gasteiger partial charge in [-0.2, -0.15) is 5.10 Å². The zero-order chi connectivity index (χ0) is 15.1. The van der Waals surface area contributed by atoms with Gasteiger partial charge in [-0.15, -0.1) is 0 Å². The average molecular weight is 293 g/mol. The van der Waals surface area contributed by atoms with Crippen LogP contribution in [0.1, 0.15) is 39.5 Å². The molecule has 2 atom stereocenters. The van der Waals surface area contributed by atoms with Gasteiger partial charge in [0.2, 0.25) is 0 Å². The second-order valence-corrected chi connectivity index (χ2v) is 6.05. The molecule has 1 heterocycles. The summed E-state index contributed by atoms with van der Waals surface area (Å²) in [7, 11) is 0. The topological polar surface area (TPSA) is 59.1 Å². The van der Waals surface area contributed by atoms with Gasteiger partial charge in [0.05, 0.1) is 18.4 Å². The van der Waals surface area contributed by atoms with Crippen molar-refractivity contribution >= 4 is 5.69 Å². The lowest BCUT2D eigenvalue weighted by atomic mass is 9.84. The van der Waals surface area contributed by atoms with Gasteiger partial charge in [0.1, 0.15) is 0 Å². The van der Waals surface area contributed by atoms with Gasteiger partial charge < -0.3 is 16.0 Å². The Morgan fingerprint density at radius 1 is 1.33 bits per heavy atom. The van der Waals surface area contributed by atoms with Crippen LogP contribution in [0.3, 0.4) is 0 Å². The normalized spacial score (nSPS) is 22.7. The molecule has 1 aromatic rings. The molecule has 2 rings (SSSR count). The SMILES string of the molecule is CCN(CC)CCn1cc(NC2CCCCC2CN)cn1. The van der Waals surface area contributed by atoms with Crippen LogP contribution in [0, 0.1) is 5.92 Å². The van der Waals surface area contributed by atoms with E-state index < -0.39 is 0 Å². The third-order valence-electron chi connectivity index (χ3n) is 4.74. The Morgan fingerprint density at radius 2 is 2.10 bits per heavy atom. The minimum atomic E-state index is 0.518. The molecule has 1 fully saturated rings. The maximum Gasteiger partial charge on any atom is 0.0728 e. The second kappa shape index (κ2) is 8.39. The first-order valence-electron chi connectivity index (χ1n) is 8.48. The van der Waals surface area contributed by atoms with E-state index in [9.17, 15) is 0 Å². The first-order valence-corrected chi connectivity index (χ1v) is 8.48. The number of aromatic nitrogens is 2. The highest BCUT2D eigenvalue weighted by Crippen LogP contribution is 2.26. The highest BCUT2D eigenvalue weighted by molar-refractivity contribution is 5.39. The molecule has 0 radical (unpaired) electrons. The van der Waals surface area contributed by atoms with Crippen LogP contribution in [0.2, 0.25) is 0 Å². The molecule has 0 bridgehead atoms. The van der Waals surface area contributed by atoms with Crippen molar-refractivity contribution in [2.24, 2.45) is 11.7 Å². The summed E-state index contributed by atoms with van der Waals surface area (Å²) in [6, 6.07) is 0.518. The van der Waals surface area contributed by atoms with Crippen LogP contribution < -0.4 is 11.1 Å². The Morgan fingerprint density at radius 3 is 2.81 bits per heavy atom. The molecule has 2 unspecified atom stereocenters. The van der Waals surface area contributed by atoms with Gasteiger partial charge in [-0.05, 0) is 38.4 Å². The standard InChI is InChI=1S/C16H31N5/c1-3-20(4-2)9-10-21-13-15(12-18-21)19-16-8-6-5-7-14(16)11-17/h12-14,16,19H,3-11,17H2,1-2H3. The van der Waals surface area contributed by atoms with Gasteiger partial charge in [-0.3, -0.25) is 4.68 Å². The minimum absolute atomic E-state index is 0.518. The molecule has 0 aromatic carbocycles. The largest absolute Gasteiger partial charge is 0.379 e. The lowest BCUT2D eigenvalue weighted by Crippen LogP contribution is -2.36. The lowest BCUT2D eigenvalue weighted by Gasteiger charge is -2.31. The Bertz CT molecular complexity index is 399. The van der Waals surface area contributed by atoms with Crippen LogP contribution in [-0.2, 0) is 6.54 Å². The summed E-state index contributed by atoms with van der Waals surface area (Å²) < 4.78 is 2.04. The molecule has 1 aliphatic rings. The van der Waals surface area contributed by atoms with E-state index in [0.29, 0.717) is 12.0 Å². The summed E-state index contributed by atoms with van der Waals surface area (Å²) in [4.78, 5) is 2.42. The first kappa shape index (κ1) is 16.3. The summed E-state index contributed by atoms with van der Waals surface area (Å²) >= 11 is 0. The monoisotopic (exact) mass is 293 g/mol. The van der Waals surface area contributed by atoms with Crippen molar-refractivity contribution in [3.63, 3.8) is 0 Å². The molecule has 0 aliphatic heterocycles. The summed E-state index contributed by atoms with van der Waals surface area (Å²) in [5.74, 6) is 0.609. The number of nitrogens with zero attached hydrogens (tertiary/aromatic N) is 3. The van der Waals surface area contributed by atoms with Gasteiger partial charge in [0, 0.05) is 18.8 Å². The van der Waals surface area contributed by atoms with Gasteiger partial charge in [0.25, 0.3) is 0 Å². The molecule has 5 heteroatoms. The zero-order valence-corrected chi connectivity index (χ0v) is 13.6. The van der Waals surface area contributed by atoms with E-state index in [1.54, 1.807) is 0 Å². The summed E-state index contributed by atoms with van der Waals surface area (Å²) in [5, 5.41) is 8.11. The van der Waals surface area contributed by atoms with E-state index in [2.05, 4.69) is 35.4 Å². The number of nitrogens with one attached hydrogen (secondary N) is 1. The van der Waals surface area contributed by atoms with E-state index in [0.717, 1.165) is 38.4 Å². The average Bonchev–Trinajstić information content (AvgIpc) is 2.96. The number of anilines is 1. The molecular weight excluding hydrogens is 262 g/mol. The molecule has 5 nitrogen and oxygen atoms in total. The third kappa shape index (κ3) is 4.71. The zero-order valence-electron chi connectivity index (χ0n) is 13.6. The van der Waals surface area contributed by atoms with Crippen LogP contribution in [0.5, 0.6) is 0 Å². The van der Waals surface area contributed by atoms with E-state index in [-0.39, 0.29) is 0 Å². The van der Waals surface area contributed by atoms with Crippen molar-refractivity contribution in [1.29, 1.82) is 0 Å². The molecule has 120 valence electrons. The fourth-order valence-corrected chi connectivity index (χ4v) is 3.24. The van der Waals surface area contributed by atoms with Gasteiger partial charge in [0.15, 0.2) is 0 Å². The lowest BCUT2D eigenvalue weighted by molar-refractivity contribution is 0.285. The molecule has 1 saturated carbocycles. The van der Waals surface area contributed by atoms with Crippen LogP contribution in [-0.4, -0.2) is 46.9 Å². The Hall–Kier alpha value is -1.07. The van der Waals surface area contributed by atoms with Gasteiger partial charge >= 0.3 is 0 Å². The van der Waals surface area contributed by atoms with Crippen molar-refractivity contribution in [3.05, 3.63) is 12.4 Å². The number of rotatable bonds is 8. The molecule has 0 spiro atoms. The van der Waals surface area contributed by atoms with Crippen LogP contribution in [0.4, 0.5) is 5.69 Å². The summed E-state index contributed by atoms with van der Waals surface area (Å²) in [6.07, 6.45) is 9.19. The highest BCUT2D eigenvalue weighted by Gasteiger charge is 2.23. The highest BCUT2D eigenvalue weighted by atomic mass is 15.3. The van der Waals surface area contributed by atoms with Crippen molar-refractivity contribution in [3.8, 4) is 0 Å². The van der Waals surface area contributed by atoms with E-state index in [1.165, 1.54) is 25.7 Å². The molecule has 1 aromatic heterocycles. The van der Waals surface area contributed by atoms with Gasteiger partial charge in [-0.25, -0.2) is 0 Å². The first-order chi connectivity index (χ1) is 10.3. The summed E-state index contributed by atoms with van der Waals surface area (Å²) in [5.41, 5.74) is 7.04. The van der Waals surface area contributed by atoms with E-state index in [1.807, 2.05) is 10.9 Å². The number of hydrogen-bond acceptors (Lipinski definition) is 4. The number of nitrogens with two attached hydrogens (primary N) is 1. The molecule has 1 aliphatic carbocycles. The molecule has 3 N–H and O–H groups in total. The van der Waals surface area contributed by atoms with Crippen LogP contribution >= 0.6 is 0 Å². The molecule has 0 amide bonds. The maximum absolute atomic E-state index is 5.90.